The van der Waals surface area contributed by atoms with Gasteiger partial charge in [0.1, 0.15) is 0 Å². The van der Waals surface area contributed by atoms with Gasteiger partial charge in [0, 0.05) is 25.3 Å². The molecule has 0 spiro atoms. The summed E-state index contributed by atoms with van der Waals surface area (Å²) in [5, 5.41) is 6.27. The van der Waals surface area contributed by atoms with Gasteiger partial charge in [-0.3, -0.25) is 9.59 Å². The molecule has 3 rings (SSSR count). The van der Waals surface area contributed by atoms with Crippen molar-refractivity contribution < 1.29 is 18.0 Å². The predicted octanol–water partition coefficient (Wildman–Crippen LogP) is 1.72. The second kappa shape index (κ2) is 9.23. The third-order valence-electron chi connectivity index (χ3n) is 5.92. The molecule has 2 unspecified atom stereocenters. The zero-order valence-electron chi connectivity index (χ0n) is 17.0. The van der Waals surface area contributed by atoms with Crippen molar-refractivity contribution in [3.05, 3.63) is 29.8 Å². The topological polar surface area (TPSA) is 108 Å². The molecule has 160 valence electrons. The quantitative estimate of drug-likeness (QED) is 0.647. The second-order valence-corrected chi connectivity index (χ2v) is 9.95. The van der Waals surface area contributed by atoms with Gasteiger partial charge < -0.3 is 10.6 Å². The van der Waals surface area contributed by atoms with E-state index in [1.165, 1.54) is 58.3 Å². The number of amides is 2. The Hall–Kier alpha value is -1.97. The van der Waals surface area contributed by atoms with E-state index in [1.54, 1.807) is 12.1 Å². The lowest BCUT2D eigenvalue weighted by Gasteiger charge is -2.30. The molecular weight excluding hydrogens is 392 g/mol. The smallest absolute Gasteiger partial charge is 0.303 e. The first-order valence-electron chi connectivity index (χ1n) is 10.2. The number of benzene rings is 1. The Kier molecular flexibility index (Phi) is 6.92. The molecule has 2 aliphatic rings. The highest BCUT2D eigenvalue weighted by molar-refractivity contribution is 7.87. The maximum Gasteiger partial charge on any atom is 0.303 e. The van der Waals surface area contributed by atoms with Gasteiger partial charge in [0.05, 0.1) is 6.04 Å². The molecule has 3 N–H and O–H groups in total. The van der Waals surface area contributed by atoms with Crippen molar-refractivity contribution in [1.29, 1.82) is 0 Å². The summed E-state index contributed by atoms with van der Waals surface area (Å²) < 4.78 is 26.4. The van der Waals surface area contributed by atoms with Crippen LogP contribution in [0.15, 0.2) is 24.3 Å². The number of carbonyl (C=O) groups excluding carboxylic acids is 2. The predicted molar refractivity (Wildman–Crippen MR) is 112 cm³/mol. The highest BCUT2D eigenvalue weighted by Crippen LogP contribution is 2.36. The Morgan fingerprint density at radius 2 is 1.69 bits per heavy atom. The van der Waals surface area contributed by atoms with Crippen LogP contribution in [-0.4, -0.2) is 51.2 Å². The normalized spacial score (nSPS) is 23.1. The molecule has 8 nitrogen and oxygen atoms in total. The van der Waals surface area contributed by atoms with E-state index in [0.29, 0.717) is 17.5 Å². The van der Waals surface area contributed by atoms with Crippen LogP contribution in [0, 0.1) is 11.8 Å². The minimum absolute atomic E-state index is 0.0505. The third-order valence-corrected chi connectivity index (χ3v) is 7.33. The zero-order valence-corrected chi connectivity index (χ0v) is 17.8. The summed E-state index contributed by atoms with van der Waals surface area (Å²) >= 11 is 0. The van der Waals surface area contributed by atoms with E-state index in [2.05, 4.69) is 10.6 Å². The van der Waals surface area contributed by atoms with E-state index in [1.807, 2.05) is 4.72 Å². The summed E-state index contributed by atoms with van der Waals surface area (Å²) in [5.74, 6) is 0.215. The second-order valence-electron chi connectivity index (χ2n) is 8.07. The zero-order chi connectivity index (χ0) is 21.0. The fourth-order valence-corrected chi connectivity index (χ4v) is 4.81. The average molecular weight is 423 g/mol. The van der Waals surface area contributed by atoms with Gasteiger partial charge in [-0.1, -0.05) is 32.1 Å². The maximum atomic E-state index is 12.8. The molecule has 1 aliphatic carbocycles. The molecule has 1 saturated heterocycles. The van der Waals surface area contributed by atoms with Crippen molar-refractivity contribution in [2.24, 2.45) is 11.8 Å². The molecule has 1 aromatic carbocycles. The SMILES string of the molecule is CN(C)S(=O)(=O)NC(=O)c1ccc(NC(=O)C2NCCC2C2CCCCC2)cc1. The molecular formula is C20H30N4O4S. The summed E-state index contributed by atoms with van der Waals surface area (Å²) in [7, 11) is -1.17. The molecule has 9 heteroatoms. The van der Waals surface area contributed by atoms with E-state index in [0.717, 1.165) is 17.3 Å². The largest absolute Gasteiger partial charge is 0.325 e. The van der Waals surface area contributed by atoms with Gasteiger partial charge >= 0.3 is 10.2 Å². The lowest BCUT2D eigenvalue weighted by atomic mass is 9.76. The molecule has 2 fully saturated rings. The number of rotatable bonds is 6. The number of hydrogen-bond acceptors (Lipinski definition) is 5. The highest BCUT2D eigenvalue weighted by atomic mass is 32.2. The van der Waals surface area contributed by atoms with Crippen molar-refractivity contribution in [2.45, 2.75) is 44.6 Å². The van der Waals surface area contributed by atoms with Crippen LogP contribution in [0.5, 0.6) is 0 Å². The summed E-state index contributed by atoms with van der Waals surface area (Å²) in [4.78, 5) is 24.9. The van der Waals surface area contributed by atoms with Crippen LogP contribution < -0.4 is 15.4 Å². The number of carbonyl (C=O) groups is 2. The molecule has 1 heterocycles. The number of anilines is 1. The van der Waals surface area contributed by atoms with Gasteiger partial charge in [0.15, 0.2) is 0 Å². The van der Waals surface area contributed by atoms with Gasteiger partial charge in [0.25, 0.3) is 5.91 Å². The van der Waals surface area contributed by atoms with E-state index >= 15 is 0 Å². The van der Waals surface area contributed by atoms with Crippen LogP contribution in [0.25, 0.3) is 0 Å². The van der Waals surface area contributed by atoms with Crippen LogP contribution in [0.2, 0.25) is 0 Å². The van der Waals surface area contributed by atoms with Crippen LogP contribution in [0.3, 0.4) is 0 Å². The number of nitrogens with zero attached hydrogens (tertiary/aromatic N) is 1. The number of hydrogen-bond donors (Lipinski definition) is 3. The minimum Gasteiger partial charge on any atom is -0.325 e. The molecule has 1 aromatic rings. The van der Waals surface area contributed by atoms with E-state index in [4.69, 9.17) is 0 Å². The van der Waals surface area contributed by atoms with E-state index < -0.39 is 16.1 Å². The Bertz CT molecular complexity index is 833. The van der Waals surface area contributed by atoms with Crippen LogP contribution in [0.4, 0.5) is 5.69 Å². The third kappa shape index (κ3) is 5.34. The van der Waals surface area contributed by atoms with E-state index in [-0.39, 0.29) is 17.5 Å². The maximum absolute atomic E-state index is 12.8. The van der Waals surface area contributed by atoms with Gasteiger partial charge in [0.2, 0.25) is 5.91 Å². The Labute approximate surface area is 172 Å². The fourth-order valence-electron chi connectivity index (χ4n) is 4.27. The molecule has 1 aliphatic heterocycles. The van der Waals surface area contributed by atoms with Crippen molar-refractivity contribution in [1.82, 2.24) is 14.3 Å². The highest BCUT2D eigenvalue weighted by Gasteiger charge is 2.38. The van der Waals surface area contributed by atoms with Crippen LogP contribution in [-0.2, 0) is 15.0 Å². The Morgan fingerprint density at radius 3 is 2.31 bits per heavy atom. The molecule has 2 atom stereocenters. The average Bonchev–Trinajstić information content (AvgIpc) is 3.19. The van der Waals surface area contributed by atoms with Crippen molar-refractivity contribution >= 4 is 27.7 Å². The summed E-state index contributed by atoms with van der Waals surface area (Å²) in [6, 6.07) is 6.03. The Morgan fingerprint density at radius 1 is 1.03 bits per heavy atom. The van der Waals surface area contributed by atoms with Crippen LogP contribution >= 0.6 is 0 Å². The van der Waals surface area contributed by atoms with Crippen LogP contribution in [0.1, 0.15) is 48.9 Å². The molecule has 0 radical (unpaired) electrons. The monoisotopic (exact) mass is 422 g/mol. The summed E-state index contributed by atoms with van der Waals surface area (Å²) in [5.41, 5.74) is 0.783. The minimum atomic E-state index is -3.85. The van der Waals surface area contributed by atoms with Gasteiger partial charge in [-0.05, 0) is 49.1 Å². The first-order valence-corrected chi connectivity index (χ1v) is 11.6. The van der Waals surface area contributed by atoms with Gasteiger partial charge in [-0.25, -0.2) is 4.72 Å². The standard InChI is InChI=1S/C20H30N4O4S/c1-24(2)29(27,28)23-19(25)15-8-10-16(11-9-15)22-20(26)18-17(12-13-21-18)14-6-4-3-5-7-14/h8-11,14,17-18,21H,3-7,12-13H2,1-2H3,(H,22,26)(H,23,25). The van der Waals surface area contributed by atoms with Crippen molar-refractivity contribution in [3.63, 3.8) is 0 Å². The first-order chi connectivity index (χ1) is 13.8. The molecule has 29 heavy (non-hydrogen) atoms. The van der Waals surface area contributed by atoms with Gasteiger partial charge in [-0.15, -0.1) is 0 Å². The van der Waals surface area contributed by atoms with Crippen molar-refractivity contribution in [3.8, 4) is 0 Å². The fraction of sp³-hybridized carbons (Fsp3) is 0.600. The number of nitrogens with one attached hydrogen (secondary N) is 3. The summed E-state index contributed by atoms with van der Waals surface area (Å²) in [6.45, 7) is 0.860. The lowest BCUT2D eigenvalue weighted by molar-refractivity contribution is -0.119. The van der Waals surface area contributed by atoms with E-state index in [9.17, 15) is 18.0 Å². The molecule has 0 bridgehead atoms. The van der Waals surface area contributed by atoms with Crippen molar-refractivity contribution in [2.75, 3.05) is 26.0 Å². The molecule has 0 aromatic heterocycles. The molecule has 2 amide bonds. The Balaban J connectivity index is 1.60. The summed E-state index contributed by atoms with van der Waals surface area (Å²) in [6.07, 6.45) is 7.24. The lowest BCUT2D eigenvalue weighted by Crippen LogP contribution is -2.42. The van der Waals surface area contributed by atoms with Gasteiger partial charge in [-0.2, -0.15) is 12.7 Å². The first kappa shape index (κ1) is 21.7. The molecule has 1 saturated carbocycles.